The van der Waals surface area contributed by atoms with Crippen LogP contribution in [0.5, 0.6) is 5.75 Å². The van der Waals surface area contributed by atoms with Crippen LogP contribution in [0, 0.1) is 38.2 Å². The molecule has 3 heterocycles. The number of aromatic nitrogens is 4. The summed E-state index contributed by atoms with van der Waals surface area (Å²) in [5.41, 5.74) is 7.14. The molecule has 5 aromatic carbocycles. The summed E-state index contributed by atoms with van der Waals surface area (Å²) in [6.07, 6.45) is 9.89. The van der Waals surface area contributed by atoms with E-state index in [9.17, 15) is 14.4 Å². The van der Waals surface area contributed by atoms with Gasteiger partial charge in [0.15, 0.2) is 11.6 Å². The maximum atomic E-state index is 15.7. The number of aryl methyl sites for hydroxylation is 3. The molecule has 0 amide bonds. The van der Waals surface area contributed by atoms with Gasteiger partial charge in [0.2, 0.25) is 0 Å². The molecule has 2 saturated carbocycles. The maximum Gasteiger partial charge on any atom is 0.348 e. The number of pyridine rings is 2. The van der Waals surface area contributed by atoms with Crippen molar-refractivity contribution in [3.05, 3.63) is 196 Å². The summed E-state index contributed by atoms with van der Waals surface area (Å²) < 4.78 is 57.6. The van der Waals surface area contributed by atoms with Crippen molar-refractivity contribution < 1.29 is 37.0 Å². The molecule has 15 heteroatoms. The molecule has 0 radical (unpaired) electrons. The first-order chi connectivity index (χ1) is 34.3. The SMILES string of the molecule is Cc1ccc(Nc2cnc(C3CC3)c(C)c2)c(C(=O)OC(=O)c2cc(C3CC3)ccc2Nc2cnc(-c3c(F)cc(OC(=O)c4cc(C)ccc4Nc4cnc(-c5ccccc5)c(F)c4)cc3F)nc2)c1. The van der Waals surface area contributed by atoms with Gasteiger partial charge < -0.3 is 25.4 Å². The fraction of sp³-hybridized carbons (Fsp3) is 0.161. The summed E-state index contributed by atoms with van der Waals surface area (Å²) in [6, 6.07) is 29.1. The summed E-state index contributed by atoms with van der Waals surface area (Å²) >= 11 is 0. The van der Waals surface area contributed by atoms with E-state index < -0.39 is 46.7 Å². The van der Waals surface area contributed by atoms with E-state index in [1.165, 1.54) is 30.7 Å². The van der Waals surface area contributed by atoms with Crippen molar-refractivity contribution in [2.75, 3.05) is 16.0 Å². The van der Waals surface area contributed by atoms with Crippen LogP contribution in [0.15, 0.2) is 134 Å². The summed E-state index contributed by atoms with van der Waals surface area (Å²) in [7, 11) is 0. The molecule has 0 bridgehead atoms. The zero-order valence-electron chi connectivity index (χ0n) is 38.6. The lowest BCUT2D eigenvalue weighted by Gasteiger charge is -2.15. The predicted molar refractivity (Wildman–Crippen MR) is 263 cm³/mol. The van der Waals surface area contributed by atoms with Crippen LogP contribution in [0.3, 0.4) is 0 Å². The molecule has 2 fully saturated rings. The molecule has 0 atom stereocenters. The fourth-order valence-electron chi connectivity index (χ4n) is 8.30. The van der Waals surface area contributed by atoms with E-state index in [2.05, 4.69) is 35.9 Å². The Bertz CT molecular complexity index is 3380. The van der Waals surface area contributed by atoms with Gasteiger partial charge in [0.1, 0.15) is 23.1 Å². The number of nitrogens with zero attached hydrogens (tertiary/aromatic N) is 4. The van der Waals surface area contributed by atoms with Crippen LogP contribution in [0.2, 0.25) is 0 Å². The molecular formula is C56H44F3N7O5. The van der Waals surface area contributed by atoms with Crippen molar-refractivity contribution in [2.24, 2.45) is 0 Å². The Labute approximate surface area is 406 Å². The number of esters is 3. The molecule has 3 N–H and O–H groups in total. The average Bonchev–Trinajstić information content (AvgIpc) is 4.30. The van der Waals surface area contributed by atoms with Gasteiger partial charge in [0.25, 0.3) is 0 Å². The number of hydrogen-bond donors (Lipinski definition) is 3. The van der Waals surface area contributed by atoms with Crippen LogP contribution in [-0.4, -0.2) is 37.8 Å². The van der Waals surface area contributed by atoms with Gasteiger partial charge >= 0.3 is 17.9 Å². The quantitative estimate of drug-likeness (QED) is 0.0539. The number of nitrogens with one attached hydrogen (secondary N) is 3. The van der Waals surface area contributed by atoms with Crippen molar-refractivity contribution >= 4 is 52.0 Å². The lowest BCUT2D eigenvalue weighted by Crippen LogP contribution is -2.16. The number of ether oxygens (including phenoxy) is 2. The monoisotopic (exact) mass is 951 g/mol. The van der Waals surface area contributed by atoms with Crippen molar-refractivity contribution in [3.63, 3.8) is 0 Å². The number of rotatable bonds is 14. The standard InChI is InChI=1S/C56H44F3N7O5/c1-30-9-16-47(65-38-23-46(59)52(61-27-38)34-7-5-4-6-8-34)41(19-30)54(67)70-40-24-44(57)50(45(58)25-40)53-62-28-39(29-63-53)66-49-18-15-36(33-11-12-33)22-43(49)56(69)71-55(68)42-20-31(2)10-17-48(42)64-37-21-32(3)51(60-26-37)35-13-14-35/h4-10,15-29,33,35,64-66H,11-14H2,1-3H3. The van der Waals surface area contributed by atoms with E-state index in [4.69, 9.17) is 9.47 Å². The Morgan fingerprint density at radius 1 is 0.535 bits per heavy atom. The molecular weight excluding hydrogens is 908 g/mol. The highest BCUT2D eigenvalue weighted by atomic mass is 19.1. The van der Waals surface area contributed by atoms with E-state index in [0.29, 0.717) is 28.4 Å². The normalized spacial score (nSPS) is 13.0. The van der Waals surface area contributed by atoms with Crippen LogP contribution in [0.25, 0.3) is 22.6 Å². The second-order valence-electron chi connectivity index (χ2n) is 17.8. The smallest absolute Gasteiger partial charge is 0.348 e. The lowest BCUT2D eigenvalue weighted by molar-refractivity contribution is 0.0398. The van der Waals surface area contributed by atoms with Gasteiger partial charge in [-0.05, 0) is 106 Å². The van der Waals surface area contributed by atoms with E-state index in [0.717, 1.165) is 60.2 Å². The minimum absolute atomic E-state index is 0.0188. The first-order valence-corrected chi connectivity index (χ1v) is 23.0. The molecule has 0 aliphatic heterocycles. The molecule has 354 valence electrons. The average molecular weight is 952 g/mol. The Balaban J connectivity index is 0.831. The number of anilines is 6. The molecule has 0 unspecified atom stereocenters. The van der Waals surface area contributed by atoms with E-state index in [-0.39, 0.29) is 56.9 Å². The van der Waals surface area contributed by atoms with Crippen molar-refractivity contribution in [3.8, 4) is 28.4 Å². The summed E-state index contributed by atoms with van der Waals surface area (Å²) in [5, 5.41) is 9.36. The summed E-state index contributed by atoms with van der Waals surface area (Å²) in [5.74, 6) is -5.46. The van der Waals surface area contributed by atoms with Gasteiger partial charge in [-0.1, -0.05) is 59.7 Å². The Kier molecular flexibility index (Phi) is 12.5. The minimum Gasteiger partial charge on any atom is -0.423 e. The predicted octanol–water partition coefficient (Wildman–Crippen LogP) is 13.1. The van der Waals surface area contributed by atoms with Gasteiger partial charge in [-0.25, -0.2) is 37.5 Å². The Morgan fingerprint density at radius 2 is 1.07 bits per heavy atom. The summed E-state index contributed by atoms with van der Waals surface area (Å²) in [4.78, 5) is 58.5. The van der Waals surface area contributed by atoms with Gasteiger partial charge in [-0.3, -0.25) is 9.97 Å². The molecule has 2 aliphatic carbocycles. The third-order valence-corrected chi connectivity index (χ3v) is 12.2. The van der Waals surface area contributed by atoms with Crippen molar-refractivity contribution in [2.45, 2.75) is 58.3 Å². The minimum atomic E-state index is -1.10. The molecule has 71 heavy (non-hydrogen) atoms. The zero-order valence-corrected chi connectivity index (χ0v) is 38.6. The first kappa shape index (κ1) is 46.0. The van der Waals surface area contributed by atoms with Crippen LogP contribution in [0.4, 0.5) is 47.3 Å². The lowest BCUT2D eigenvalue weighted by atomic mass is 10.0. The second-order valence-corrected chi connectivity index (χ2v) is 17.8. The van der Waals surface area contributed by atoms with E-state index >= 15 is 13.2 Å². The molecule has 12 nitrogen and oxygen atoms in total. The number of carbonyl (C=O) groups is 3. The Hall–Kier alpha value is -8.72. The van der Waals surface area contributed by atoms with E-state index in [1.54, 1.807) is 73.8 Å². The van der Waals surface area contributed by atoms with Crippen LogP contribution < -0.4 is 20.7 Å². The third kappa shape index (κ3) is 10.3. The van der Waals surface area contributed by atoms with Crippen LogP contribution >= 0.6 is 0 Å². The molecule has 0 spiro atoms. The van der Waals surface area contributed by atoms with Crippen molar-refractivity contribution in [1.82, 2.24) is 19.9 Å². The third-order valence-electron chi connectivity index (χ3n) is 12.2. The Morgan fingerprint density at radius 3 is 1.66 bits per heavy atom. The van der Waals surface area contributed by atoms with Gasteiger partial charge in [-0.15, -0.1) is 0 Å². The zero-order chi connectivity index (χ0) is 49.3. The maximum absolute atomic E-state index is 15.7. The van der Waals surface area contributed by atoms with E-state index in [1.807, 2.05) is 38.1 Å². The summed E-state index contributed by atoms with van der Waals surface area (Å²) in [6.45, 7) is 5.60. The number of hydrogen-bond acceptors (Lipinski definition) is 12. The second kappa shape index (κ2) is 19.3. The van der Waals surface area contributed by atoms with Crippen LogP contribution in [0.1, 0.15) is 96.5 Å². The highest BCUT2D eigenvalue weighted by molar-refractivity contribution is 6.08. The first-order valence-electron chi connectivity index (χ1n) is 23.0. The highest BCUT2D eigenvalue weighted by Crippen LogP contribution is 2.42. The molecule has 8 aromatic rings. The largest absolute Gasteiger partial charge is 0.423 e. The van der Waals surface area contributed by atoms with Gasteiger partial charge in [0, 0.05) is 35.4 Å². The molecule has 2 aliphatic rings. The number of carbonyl (C=O) groups excluding carboxylic acids is 3. The topological polar surface area (TPSA) is 157 Å². The van der Waals surface area contributed by atoms with Gasteiger partial charge in [-0.2, -0.15) is 0 Å². The number of halogens is 3. The molecule has 0 saturated heterocycles. The van der Waals surface area contributed by atoms with Crippen LogP contribution in [-0.2, 0) is 4.74 Å². The highest BCUT2D eigenvalue weighted by Gasteiger charge is 2.29. The van der Waals surface area contributed by atoms with Gasteiger partial charge in [0.05, 0.1) is 81.2 Å². The fourth-order valence-corrected chi connectivity index (χ4v) is 8.30. The molecule has 3 aromatic heterocycles. The number of benzene rings is 5. The van der Waals surface area contributed by atoms with Crippen molar-refractivity contribution in [1.29, 1.82) is 0 Å². The molecule has 10 rings (SSSR count).